The van der Waals surface area contributed by atoms with Gasteiger partial charge in [-0.15, -0.1) is 11.1 Å². The molecule has 0 aliphatic rings. The molecule has 0 saturated heterocycles. The van der Waals surface area contributed by atoms with Gasteiger partial charge in [0, 0.05) is 36.6 Å². The fourth-order valence-electron chi connectivity index (χ4n) is 2.89. The van der Waals surface area contributed by atoms with Crippen molar-refractivity contribution in [2.45, 2.75) is 62.4 Å². The summed E-state index contributed by atoms with van der Waals surface area (Å²) in [6.07, 6.45) is 8.29. The predicted octanol–water partition coefficient (Wildman–Crippen LogP) is 5.06. The maximum Gasteiger partial charge on any atom is 0.187 e. The van der Waals surface area contributed by atoms with Crippen LogP contribution in [-0.4, -0.2) is 54.4 Å². The molecular weight excluding hydrogens is 493 g/mol. The Labute approximate surface area is 215 Å². The quantitative estimate of drug-likeness (QED) is 0.206. The van der Waals surface area contributed by atoms with Gasteiger partial charge in [0.25, 0.3) is 0 Å². The lowest BCUT2D eigenvalue weighted by atomic mass is 9.87. The maximum atomic E-state index is 13.9. The SMILES string of the molecule is CSc1nccc(CC(C#C[Si](C)(C)C)C(=O)C(C#C[Si](C)(C)C)Cc2ccnc(SC)n2)n1. The largest absolute Gasteiger partial charge is 0.297 e. The number of rotatable bonds is 8. The molecule has 2 aromatic rings. The van der Waals surface area contributed by atoms with Gasteiger partial charge in [0.1, 0.15) is 16.1 Å². The molecule has 5 nitrogen and oxygen atoms in total. The molecule has 0 aliphatic carbocycles. The normalized spacial score (nSPS) is 13.2. The van der Waals surface area contributed by atoms with Gasteiger partial charge < -0.3 is 0 Å². The fraction of sp³-hybridized carbons (Fsp3) is 0.480. The smallest absolute Gasteiger partial charge is 0.187 e. The maximum absolute atomic E-state index is 13.9. The summed E-state index contributed by atoms with van der Waals surface area (Å²) in [4.78, 5) is 31.6. The first kappa shape index (κ1) is 28.3. The highest BCUT2D eigenvalue weighted by molar-refractivity contribution is 7.98. The third-order valence-corrected chi connectivity index (χ3v) is 7.42. The van der Waals surface area contributed by atoms with E-state index in [1.807, 2.05) is 24.6 Å². The molecule has 0 aromatic carbocycles. The topological polar surface area (TPSA) is 68.6 Å². The number of hydrogen-bond donors (Lipinski definition) is 0. The van der Waals surface area contributed by atoms with E-state index in [0.717, 1.165) is 11.4 Å². The van der Waals surface area contributed by atoms with Crippen molar-refractivity contribution in [3.63, 3.8) is 0 Å². The highest BCUT2D eigenvalue weighted by Crippen LogP contribution is 2.19. The number of thioether (sulfide) groups is 2. The lowest BCUT2D eigenvalue weighted by molar-refractivity contribution is -0.123. The van der Waals surface area contributed by atoms with Gasteiger partial charge in [-0.3, -0.25) is 4.79 Å². The average Bonchev–Trinajstić information content (AvgIpc) is 2.78. The second-order valence-corrected chi connectivity index (χ2v) is 21.1. The summed E-state index contributed by atoms with van der Waals surface area (Å²) >= 11 is 2.98. The molecular formula is C25H34N4OS2Si2. The second kappa shape index (κ2) is 12.7. The third kappa shape index (κ3) is 10.1. The van der Waals surface area contributed by atoms with Crippen LogP contribution in [0.4, 0.5) is 0 Å². The zero-order chi connectivity index (χ0) is 25.4. The fourth-order valence-corrected chi connectivity index (χ4v) is 4.85. The van der Waals surface area contributed by atoms with E-state index < -0.39 is 28.0 Å². The monoisotopic (exact) mass is 526 g/mol. The van der Waals surface area contributed by atoms with Crippen LogP contribution in [0.3, 0.4) is 0 Å². The van der Waals surface area contributed by atoms with Gasteiger partial charge >= 0.3 is 0 Å². The van der Waals surface area contributed by atoms with Gasteiger partial charge in [0.15, 0.2) is 16.1 Å². The molecule has 2 heterocycles. The van der Waals surface area contributed by atoms with Crippen LogP contribution in [0.2, 0.25) is 39.3 Å². The van der Waals surface area contributed by atoms with Crippen molar-refractivity contribution in [3.8, 4) is 22.9 Å². The molecule has 9 heteroatoms. The van der Waals surface area contributed by atoms with Crippen LogP contribution in [0, 0.1) is 34.8 Å². The second-order valence-electron chi connectivity index (χ2n) is 10.0. The van der Waals surface area contributed by atoms with Crippen molar-refractivity contribution >= 4 is 45.5 Å². The summed E-state index contributed by atoms with van der Waals surface area (Å²) in [5, 5.41) is 1.39. The van der Waals surface area contributed by atoms with E-state index >= 15 is 0 Å². The Morgan fingerprint density at radius 2 is 1.18 bits per heavy atom. The average molecular weight is 527 g/mol. The summed E-state index contributed by atoms with van der Waals surface area (Å²) in [5.74, 6) is 5.77. The highest BCUT2D eigenvalue weighted by atomic mass is 32.2. The Hall–Kier alpha value is -1.92. The number of aromatic nitrogens is 4. The lowest BCUT2D eigenvalue weighted by Gasteiger charge is -2.17. The van der Waals surface area contributed by atoms with Crippen LogP contribution >= 0.6 is 23.5 Å². The molecule has 0 radical (unpaired) electrons. The first-order valence-electron chi connectivity index (χ1n) is 11.2. The Morgan fingerprint density at radius 1 is 0.794 bits per heavy atom. The molecule has 0 amide bonds. The molecule has 2 rings (SSSR count). The van der Waals surface area contributed by atoms with E-state index in [-0.39, 0.29) is 5.78 Å². The first-order chi connectivity index (χ1) is 15.9. The lowest BCUT2D eigenvalue weighted by Crippen LogP contribution is -2.28. The zero-order valence-electron chi connectivity index (χ0n) is 21.4. The molecule has 2 unspecified atom stereocenters. The van der Waals surface area contributed by atoms with Crippen LogP contribution in [-0.2, 0) is 17.6 Å². The van der Waals surface area contributed by atoms with Crippen LogP contribution in [0.1, 0.15) is 11.4 Å². The minimum Gasteiger partial charge on any atom is -0.297 e. The van der Waals surface area contributed by atoms with Crippen LogP contribution in [0.25, 0.3) is 0 Å². The minimum atomic E-state index is -1.67. The number of Topliss-reactive ketones (excluding diaryl/α,β-unsaturated/α-hetero) is 1. The van der Waals surface area contributed by atoms with Crippen LogP contribution in [0.5, 0.6) is 0 Å². The third-order valence-electron chi connectivity index (χ3n) is 4.50. The summed E-state index contributed by atoms with van der Waals surface area (Å²) in [6.45, 7) is 13.1. The minimum absolute atomic E-state index is 0.0464. The van der Waals surface area contributed by atoms with Crippen molar-refractivity contribution in [1.82, 2.24) is 19.9 Å². The Morgan fingerprint density at radius 3 is 1.50 bits per heavy atom. The van der Waals surface area contributed by atoms with Crippen molar-refractivity contribution in [1.29, 1.82) is 0 Å². The van der Waals surface area contributed by atoms with Crippen molar-refractivity contribution < 1.29 is 4.79 Å². The highest BCUT2D eigenvalue weighted by Gasteiger charge is 2.27. The Bertz CT molecular complexity index is 1030. The van der Waals surface area contributed by atoms with Crippen LogP contribution < -0.4 is 0 Å². The van der Waals surface area contributed by atoms with Gasteiger partial charge in [-0.25, -0.2) is 19.9 Å². The summed E-state index contributed by atoms with van der Waals surface area (Å²) in [7, 11) is -3.35. The molecule has 0 N–H and O–H groups in total. The number of hydrogen-bond acceptors (Lipinski definition) is 7. The first-order valence-corrected chi connectivity index (χ1v) is 20.7. The number of ketones is 1. The van der Waals surface area contributed by atoms with Gasteiger partial charge in [-0.05, 0) is 24.6 Å². The molecule has 2 aromatic heterocycles. The van der Waals surface area contributed by atoms with Gasteiger partial charge in [0.2, 0.25) is 0 Å². The molecule has 34 heavy (non-hydrogen) atoms. The number of nitrogens with zero attached hydrogens (tertiary/aromatic N) is 4. The van der Waals surface area contributed by atoms with E-state index in [9.17, 15) is 4.79 Å². The summed E-state index contributed by atoms with van der Waals surface area (Å²) in [5.41, 5.74) is 8.47. The van der Waals surface area contributed by atoms with E-state index in [0.29, 0.717) is 23.2 Å². The molecule has 0 fully saturated rings. The zero-order valence-corrected chi connectivity index (χ0v) is 25.0. The van der Waals surface area contributed by atoms with Crippen molar-refractivity contribution in [2.24, 2.45) is 11.8 Å². The standard InChI is InChI=1S/C25H34N4OS2Si2/c1-31-24-26-13-9-21(28-24)17-19(11-15-33(3,4)5)23(30)20(12-16-34(6,7)8)18-22-10-14-27-25(29-22)32-2/h9-10,13-14,19-20H,17-18H2,1-8H3. The van der Waals surface area contributed by atoms with Gasteiger partial charge in [-0.2, -0.15) is 0 Å². The molecule has 180 valence electrons. The van der Waals surface area contributed by atoms with Crippen molar-refractivity contribution in [2.75, 3.05) is 12.5 Å². The Kier molecular flexibility index (Phi) is 10.6. The van der Waals surface area contributed by atoms with E-state index in [1.165, 1.54) is 23.5 Å². The number of carbonyl (C=O) groups excluding carboxylic acids is 1. The molecule has 2 atom stereocenters. The van der Waals surface area contributed by atoms with E-state index in [1.54, 1.807) is 12.4 Å². The summed E-state index contributed by atoms with van der Waals surface area (Å²) in [6, 6.07) is 3.74. The Balaban J connectivity index is 2.47. The molecule has 0 bridgehead atoms. The van der Waals surface area contributed by atoms with Gasteiger partial charge in [-0.1, -0.05) is 74.6 Å². The van der Waals surface area contributed by atoms with Crippen LogP contribution in [0.15, 0.2) is 34.8 Å². The molecule has 0 aliphatic heterocycles. The predicted molar refractivity (Wildman–Crippen MR) is 149 cm³/mol. The number of carbonyl (C=O) groups is 1. The summed E-state index contributed by atoms with van der Waals surface area (Å²) < 4.78 is 0. The molecule has 0 spiro atoms. The molecule has 0 saturated carbocycles. The van der Waals surface area contributed by atoms with E-state index in [4.69, 9.17) is 0 Å². The van der Waals surface area contributed by atoms with Gasteiger partial charge in [0.05, 0.1) is 11.8 Å². The van der Waals surface area contributed by atoms with E-state index in [2.05, 4.69) is 82.1 Å². The van der Waals surface area contributed by atoms with Crippen molar-refractivity contribution in [3.05, 3.63) is 35.9 Å².